The van der Waals surface area contributed by atoms with E-state index in [0.717, 1.165) is 76.5 Å². The molecule has 0 saturated carbocycles. The van der Waals surface area contributed by atoms with Gasteiger partial charge in [0.2, 0.25) is 0 Å². The van der Waals surface area contributed by atoms with Crippen molar-refractivity contribution >= 4 is 13.1 Å². The van der Waals surface area contributed by atoms with E-state index in [1.807, 2.05) is 0 Å². The fraction of sp³-hybridized carbons (Fsp3) is 1.00. The minimum atomic E-state index is -1.38. The minimum absolute atomic E-state index is 0. The Labute approximate surface area is 254 Å². The third kappa shape index (κ3) is 28.5. The minimum Gasteiger partial charge on any atom is -0.381 e. The molecular formula is C32H68AlLiO4. The van der Waals surface area contributed by atoms with E-state index in [9.17, 15) is 0 Å². The molecule has 0 atom stereocenters. The molecule has 0 spiro atoms. The van der Waals surface area contributed by atoms with Gasteiger partial charge in [0.05, 0.1) is 0 Å². The van der Waals surface area contributed by atoms with Gasteiger partial charge in [-0.1, -0.05) is 79.1 Å². The molecular weight excluding hydrogens is 482 g/mol. The monoisotopic (exact) mass is 551 g/mol. The predicted molar refractivity (Wildman–Crippen MR) is 165 cm³/mol. The van der Waals surface area contributed by atoms with Crippen molar-refractivity contribution in [1.82, 2.24) is 0 Å². The molecule has 4 aliphatic rings. The number of hydrogen-bond acceptors (Lipinski definition) is 4. The first kappa shape index (κ1) is 41.1. The normalized spacial score (nSPS) is 18.6. The second-order valence-electron chi connectivity index (χ2n) is 13.5. The Morgan fingerprint density at radius 2 is 0.526 bits per heavy atom. The van der Waals surface area contributed by atoms with E-state index >= 15 is 0 Å². The molecule has 4 nitrogen and oxygen atoms in total. The molecule has 4 aliphatic heterocycles. The van der Waals surface area contributed by atoms with Crippen LogP contribution in [0.1, 0.15) is 107 Å². The maximum Gasteiger partial charge on any atom is 1.00 e. The molecule has 4 saturated heterocycles. The van der Waals surface area contributed by atoms with E-state index in [1.54, 1.807) is 21.1 Å². The fourth-order valence-electron chi connectivity index (χ4n) is 6.62. The average Bonchev–Trinajstić information content (AvgIpc) is 3.64. The summed E-state index contributed by atoms with van der Waals surface area (Å²) in [4.78, 5) is 0. The van der Waals surface area contributed by atoms with Crippen molar-refractivity contribution in [3.05, 3.63) is 0 Å². The standard InChI is InChI=1S/4C4H8O.4C4H9.Al.Li/c4*1-2-4-5-3-1;4*1-4(2)3;;/h4*1-4H2;4*4H,1H2,2-3H3;;/q;;;;;;;;-1;+1. The molecule has 224 valence electrons. The zero-order valence-corrected chi connectivity index (χ0v) is 28.8. The first-order valence-corrected chi connectivity index (χ1v) is 19.5. The van der Waals surface area contributed by atoms with Crippen molar-refractivity contribution in [3.63, 3.8) is 0 Å². The number of rotatable bonds is 8. The van der Waals surface area contributed by atoms with Crippen LogP contribution in [-0.2, 0) is 18.9 Å². The first-order valence-electron chi connectivity index (χ1n) is 16.2. The Morgan fingerprint density at radius 1 is 0.368 bits per heavy atom. The Bertz CT molecular complexity index is 342. The molecule has 4 rings (SSSR count). The van der Waals surface area contributed by atoms with Gasteiger partial charge in [0, 0.05) is 52.9 Å². The van der Waals surface area contributed by atoms with E-state index in [-0.39, 0.29) is 18.9 Å². The van der Waals surface area contributed by atoms with Crippen LogP contribution in [0, 0.1) is 23.7 Å². The van der Waals surface area contributed by atoms with Crippen LogP contribution in [-0.4, -0.2) is 65.9 Å². The summed E-state index contributed by atoms with van der Waals surface area (Å²) in [5, 5.41) is 6.28. The Morgan fingerprint density at radius 3 is 0.605 bits per heavy atom. The van der Waals surface area contributed by atoms with Crippen molar-refractivity contribution in [2.45, 2.75) is 128 Å². The summed E-state index contributed by atoms with van der Waals surface area (Å²) in [6.07, 6.45) is 10.2. The van der Waals surface area contributed by atoms with Crippen LogP contribution in [0.3, 0.4) is 0 Å². The molecule has 0 radical (unpaired) electrons. The second-order valence-corrected chi connectivity index (χ2v) is 18.9. The van der Waals surface area contributed by atoms with Crippen LogP contribution in [0.15, 0.2) is 0 Å². The molecule has 0 bridgehead atoms. The third-order valence-corrected chi connectivity index (χ3v) is 15.0. The molecule has 4 fully saturated rings. The first-order chi connectivity index (χ1) is 17.7. The van der Waals surface area contributed by atoms with Gasteiger partial charge in [0.15, 0.2) is 0 Å². The van der Waals surface area contributed by atoms with Crippen LogP contribution in [0.5, 0.6) is 0 Å². The molecule has 0 amide bonds. The van der Waals surface area contributed by atoms with Crippen molar-refractivity contribution in [3.8, 4) is 0 Å². The van der Waals surface area contributed by atoms with Crippen LogP contribution < -0.4 is 18.9 Å². The zero-order chi connectivity index (χ0) is 27.8. The zero-order valence-electron chi connectivity index (χ0n) is 27.7. The molecule has 4 heterocycles. The molecule has 0 N–H and O–H groups in total. The quantitative estimate of drug-likeness (QED) is 0.335. The molecule has 0 aromatic heterocycles. The van der Waals surface area contributed by atoms with Gasteiger partial charge in [0.1, 0.15) is 13.1 Å². The van der Waals surface area contributed by atoms with Crippen LogP contribution in [0.2, 0.25) is 21.1 Å². The molecule has 0 aromatic carbocycles. The molecule has 0 aliphatic carbocycles. The second kappa shape index (κ2) is 28.1. The summed E-state index contributed by atoms with van der Waals surface area (Å²) in [6.45, 7) is 27.4. The summed E-state index contributed by atoms with van der Waals surface area (Å²) in [7, 11) is 0. The third-order valence-electron chi connectivity index (χ3n) is 7.20. The Kier molecular flexibility index (Phi) is 30.4. The predicted octanol–water partition coefficient (Wildman–Crippen LogP) is 6.25. The smallest absolute Gasteiger partial charge is 0.381 e. The maximum absolute atomic E-state index is 4.94. The van der Waals surface area contributed by atoms with Gasteiger partial charge in [-0.2, -0.15) is 21.1 Å². The summed E-state index contributed by atoms with van der Waals surface area (Å²) in [5.74, 6) is 3.60. The van der Waals surface area contributed by atoms with E-state index < -0.39 is 13.1 Å². The van der Waals surface area contributed by atoms with E-state index in [2.05, 4.69) is 55.4 Å². The van der Waals surface area contributed by atoms with Crippen LogP contribution in [0.25, 0.3) is 0 Å². The molecule has 6 heteroatoms. The van der Waals surface area contributed by atoms with Crippen molar-refractivity contribution in [1.29, 1.82) is 0 Å². The van der Waals surface area contributed by atoms with Gasteiger partial charge in [0.25, 0.3) is 0 Å². The molecule has 38 heavy (non-hydrogen) atoms. The Hall–Kier alpha value is 0.970. The van der Waals surface area contributed by atoms with E-state index in [4.69, 9.17) is 18.9 Å². The summed E-state index contributed by atoms with van der Waals surface area (Å²) >= 11 is -1.38. The summed E-state index contributed by atoms with van der Waals surface area (Å²) < 4.78 is 19.8. The number of ether oxygens (including phenoxy) is 4. The largest absolute Gasteiger partial charge is 1.00 e. The molecule has 0 aromatic rings. The van der Waals surface area contributed by atoms with Crippen molar-refractivity contribution in [2.75, 3.05) is 52.9 Å². The van der Waals surface area contributed by atoms with Crippen molar-refractivity contribution in [2.24, 2.45) is 23.7 Å². The van der Waals surface area contributed by atoms with Crippen LogP contribution >= 0.6 is 0 Å². The average molecular weight is 551 g/mol. The van der Waals surface area contributed by atoms with Gasteiger partial charge >= 0.3 is 18.9 Å². The molecule has 0 unspecified atom stereocenters. The summed E-state index contributed by atoms with van der Waals surface area (Å²) in [5.41, 5.74) is 0. The SMILES string of the molecule is C1CCOC1.C1CCOC1.C1CCOC1.C1CCOC1.CC(C)[CH2][Al-]([CH2]C(C)C)([CH2]C(C)C)[CH2]C(C)C.[Li+]. The number of hydrogen-bond donors (Lipinski definition) is 0. The Balaban J connectivity index is 0. The van der Waals surface area contributed by atoms with Crippen LogP contribution in [0.4, 0.5) is 0 Å². The van der Waals surface area contributed by atoms with Gasteiger partial charge in [-0.3, -0.25) is 0 Å². The fourth-order valence-corrected chi connectivity index (χ4v) is 15.8. The van der Waals surface area contributed by atoms with Gasteiger partial charge in [-0.25, -0.2) is 0 Å². The van der Waals surface area contributed by atoms with Crippen molar-refractivity contribution < 1.29 is 37.8 Å². The topological polar surface area (TPSA) is 36.9 Å². The van der Waals surface area contributed by atoms with Gasteiger partial charge in [-0.15, -0.1) is 0 Å². The van der Waals surface area contributed by atoms with Gasteiger partial charge in [-0.05, 0) is 51.4 Å². The van der Waals surface area contributed by atoms with E-state index in [1.165, 1.54) is 51.4 Å². The maximum atomic E-state index is 4.94. The van der Waals surface area contributed by atoms with E-state index in [0.29, 0.717) is 0 Å². The summed E-state index contributed by atoms with van der Waals surface area (Å²) in [6, 6.07) is 0. The van der Waals surface area contributed by atoms with Gasteiger partial charge < -0.3 is 18.9 Å².